The third kappa shape index (κ3) is 3.82. The van der Waals surface area contributed by atoms with E-state index in [1.807, 2.05) is 0 Å². The fourth-order valence-electron chi connectivity index (χ4n) is 3.14. The summed E-state index contributed by atoms with van der Waals surface area (Å²) in [5.41, 5.74) is 1.14. The molecule has 4 nitrogen and oxygen atoms in total. The Morgan fingerprint density at radius 1 is 1.11 bits per heavy atom. The number of amides is 2. The fourth-order valence-corrected chi connectivity index (χ4v) is 4.79. The van der Waals surface area contributed by atoms with Crippen LogP contribution in [-0.2, 0) is 4.79 Å². The van der Waals surface area contributed by atoms with E-state index in [4.69, 9.17) is 11.6 Å². The van der Waals surface area contributed by atoms with Crippen LogP contribution in [0, 0.1) is 5.82 Å². The summed E-state index contributed by atoms with van der Waals surface area (Å²) in [4.78, 5) is 27.6. The van der Waals surface area contributed by atoms with Gasteiger partial charge in [0.05, 0.1) is 10.6 Å². The first-order valence-electron chi connectivity index (χ1n) is 8.79. The molecule has 27 heavy (non-hydrogen) atoms. The first kappa shape index (κ1) is 18.3. The van der Waals surface area contributed by atoms with Gasteiger partial charge in [0, 0.05) is 11.8 Å². The van der Waals surface area contributed by atoms with Gasteiger partial charge in [0.1, 0.15) is 17.2 Å². The van der Waals surface area contributed by atoms with Crippen LogP contribution in [0.15, 0.2) is 48.5 Å². The number of nitrogens with one attached hydrogen (secondary N) is 1. The molecule has 2 fully saturated rings. The molecule has 140 valence electrons. The lowest BCUT2D eigenvalue weighted by Gasteiger charge is -2.29. The number of hydrogen-bond acceptors (Lipinski definition) is 3. The molecule has 2 unspecified atom stereocenters. The highest BCUT2D eigenvalue weighted by Crippen LogP contribution is 2.43. The van der Waals surface area contributed by atoms with Crippen molar-refractivity contribution < 1.29 is 14.0 Å². The number of carbonyl (C=O) groups excluding carboxylic acids is 2. The van der Waals surface area contributed by atoms with E-state index in [-0.39, 0.29) is 29.0 Å². The van der Waals surface area contributed by atoms with Crippen LogP contribution < -0.4 is 5.32 Å². The molecule has 7 heteroatoms. The molecule has 1 aliphatic carbocycles. The van der Waals surface area contributed by atoms with Gasteiger partial charge in [-0.3, -0.25) is 9.59 Å². The topological polar surface area (TPSA) is 49.4 Å². The smallest absolute Gasteiger partial charge is 0.257 e. The van der Waals surface area contributed by atoms with Crippen molar-refractivity contribution in [1.29, 1.82) is 0 Å². The van der Waals surface area contributed by atoms with Gasteiger partial charge in [-0.1, -0.05) is 35.9 Å². The minimum Gasteiger partial charge on any atom is -0.352 e. The van der Waals surface area contributed by atoms with Gasteiger partial charge in [0.25, 0.3) is 5.91 Å². The summed E-state index contributed by atoms with van der Waals surface area (Å²) in [6.45, 7) is 0. The lowest BCUT2D eigenvalue weighted by atomic mass is 10.1. The number of halogens is 2. The van der Waals surface area contributed by atoms with Gasteiger partial charge < -0.3 is 10.2 Å². The summed E-state index contributed by atoms with van der Waals surface area (Å²) in [5, 5.41) is 2.96. The lowest BCUT2D eigenvalue weighted by Crippen LogP contribution is -2.48. The summed E-state index contributed by atoms with van der Waals surface area (Å²) in [7, 11) is 0. The zero-order valence-electron chi connectivity index (χ0n) is 14.4. The Balaban J connectivity index is 1.68. The van der Waals surface area contributed by atoms with E-state index in [2.05, 4.69) is 5.32 Å². The molecule has 1 heterocycles. The predicted octanol–water partition coefficient (Wildman–Crippen LogP) is 4.01. The van der Waals surface area contributed by atoms with Crippen molar-refractivity contribution >= 4 is 35.2 Å². The van der Waals surface area contributed by atoms with Gasteiger partial charge in [-0.05, 0) is 42.7 Å². The number of thioether (sulfide) groups is 1. The van der Waals surface area contributed by atoms with Crippen LogP contribution in [0.2, 0.25) is 5.02 Å². The standard InChI is InChI=1S/C20H18ClFN2O2S/c21-16-4-2-1-3-15(16)19(26)24-17(18(25)23-14-9-10-14)11-27-20(24)12-5-7-13(22)8-6-12/h1-8,14,17,20H,9-11H2,(H,23,25). The third-order valence-electron chi connectivity index (χ3n) is 4.72. The van der Waals surface area contributed by atoms with Crippen molar-refractivity contribution in [2.45, 2.75) is 30.3 Å². The quantitative estimate of drug-likeness (QED) is 0.837. The second-order valence-electron chi connectivity index (χ2n) is 6.73. The van der Waals surface area contributed by atoms with Crippen molar-refractivity contribution in [2.75, 3.05) is 5.75 Å². The van der Waals surface area contributed by atoms with Crippen molar-refractivity contribution in [1.82, 2.24) is 10.2 Å². The van der Waals surface area contributed by atoms with Crippen LogP contribution in [0.1, 0.15) is 34.1 Å². The molecule has 0 bridgehead atoms. The SMILES string of the molecule is O=C(NC1CC1)C1CSC(c2ccc(F)cc2)N1C(=O)c1ccccc1Cl. The molecule has 4 rings (SSSR count). The normalized spacial score (nSPS) is 21.9. The number of carbonyl (C=O) groups is 2. The predicted molar refractivity (Wildman–Crippen MR) is 104 cm³/mol. The van der Waals surface area contributed by atoms with Crippen LogP contribution in [-0.4, -0.2) is 34.6 Å². The Labute approximate surface area is 166 Å². The van der Waals surface area contributed by atoms with Crippen LogP contribution in [0.4, 0.5) is 4.39 Å². The van der Waals surface area contributed by atoms with E-state index in [9.17, 15) is 14.0 Å². The molecule has 1 saturated carbocycles. The number of benzene rings is 2. The lowest BCUT2D eigenvalue weighted by molar-refractivity contribution is -0.125. The summed E-state index contributed by atoms with van der Waals surface area (Å²) >= 11 is 7.73. The molecule has 2 atom stereocenters. The average molecular weight is 405 g/mol. The van der Waals surface area contributed by atoms with Crippen LogP contribution in [0.25, 0.3) is 0 Å². The fraction of sp³-hybridized carbons (Fsp3) is 0.300. The van der Waals surface area contributed by atoms with Crippen molar-refractivity contribution in [3.63, 3.8) is 0 Å². The van der Waals surface area contributed by atoms with E-state index < -0.39 is 6.04 Å². The molecule has 2 amide bonds. The molecular formula is C20H18ClFN2O2S. The monoisotopic (exact) mass is 404 g/mol. The first-order valence-corrected chi connectivity index (χ1v) is 10.2. The molecule has 1 N–H and O–H groups in total. The molecule has 2 aromatic rings. The maximum atomic E-state index is 13.3. The Morgan fingerprint density at radius 2 is 1.81 bits per heavy atom. The highest BCUT2D eigenvalue weighted by molar-refractivity contribution is 7.99. The van der Waals surface area contributed by atoms with Gasteiger partial charge >= 0.3 is 0 Å². The minimum absolute atomic E-state index is 0.144. The third-order valence-corrected chi connectivity index (χ3v) is 6.37. The summed E-state index contributed by atoms with van der Waals surface area (Å²) in [5.74, 6) is -0.295. The van der Waals surface area contributed by atoms with Gasteiger partial charge in [0.2, 0.25) is 5.91 Å². The zero-order chi connectivity index (χ0) is 19.0. The zero-order valence-corrected chi connectivity index (χ0v) is 16.0. The molecule has 0 spiro atoms. The van der Waals surface area contributed by atoms with Crippen molar-refractivity contribution in [3.05, 3.63) is 70.5 Å². The van der Waals surface area contributed by atoms with E-state index >= 15 is 0 Å². The summed E-state index contributed by atoms with van der Waals surface area (Å²) in [6, 6.07) is 12.5. The van der Waals surface area contributed by atoms with Crippen LogP contribution >= 0.6 is 23.4 Å². The molecule has 0 radical (unpaired) electrons. The number of rotatable bonds is 4. The van der Waals surface area contributed by atoms with Crippen LogP contribution in [0.3, 0.4) is 0 Å². The van der Waals surface area contributed by atoms with Crippen molar-refractivity contribution in [2.24, 2.45) is 0 Å². The molecule has 2 aromatic carbocycles. The Kier molecular flexibility index (Phi) is 5.10. The molecular weight excluding hydrogens is 387 g/mol. The molecule has 0 aromatic heterocycles. The van der Waals surface area contributed by atoms with Crippen LogP contribution in [0.5, 0.6) is 0 Å². The molecule has 1 saturated heterocycles. The summed E-state index contributed by atoms with van der Waals surface area (Å²) in [6.07, 6.45) is 1.96. The van der Waals surface area contributed by atoms with Gasteiger partial charge in [-0.25, -0.2) is 4.39 Å². The Morgan fingerprint density at radius 3 is 2.48 bits per heavy atom. The largest absolute Gasteiger partial charge is 0.352 e. The minimum atomic E-state index is -0.588. The van der Waals surface area contributed by atoms with Gasteiger partial charge in [-0.2, -0.15) is 0 Å². The summed E-state index contributed by atoms with van der Waals surface area (Å²) < 4.78 is 13.3. The molecule has 1 aliphatic heterocycles. The van der Waals surface area contributed by atoms with Gasteiger partial charge in [0.15, 0.2) is 0 Å². The van der Waals surface area contributed by atoms with Gasteiger partial charge in [-0.15, -0.1) is 11.8 Å². The Hall–Kier alpha value is -2.05. The average Bonchev–Trinajstić information content (AvgIpc) is 3.36. The second kappa shape index (κ2) is 7.52. The van der Waals surface area contributed by atoms with E-state index in [0.717, 1.165) is 18.4 Å². The first-order chi connectivity index (χ1) is 13.0. The number of hydrogen-bond donors (Lipinski definition) is 1. The number of nitrogens with zero attached hydrogens (tertiary/aromatic N) is 1. The highest BCUT2D eigenvalue weighted by atomic mass is 35.5. The second-order valence-corrected chi connectivity index (χ2v) is 8.25. The van der Waals surface area contributed by atoms with E-state index in [0.29, 0.717) is 16.3 Å². The van der Waals surface area contributed by atoms with E-state index in [1.54, 1.807) is 41.3 Å². The van der Waals surface area contributed by atoms with E-state index in [1.165, 1.54) is 23.9 Å². The highest BCUT2D eigenvalue weighted by Gasteiger charge is 2.44. The maximum absolute atomic E-state index is 13.3. The van der Waals surface area contributed by atoms with Crippen molar-refractivity contribution in [3.8, 4) is 0 Å². The maximum Gasteiger partial charge on any atom is 0.257 e. The Bertz CT molecular complexity index is 873. The molecule has 2 aliphatic rings.